The van der Waals surface area contributed by atoms with E-state index in [1.54, 1.807) is 0 Å². The van der Waals surface area contributed by atoms with E-state index in [1.807, 2.05) is 0 Å². The van der Waals surface area contributed by atoms with Crippen LogP contribution < -0.4 is 11.1 Å². The predicted molar refractivity (Wildman–Crippen MR) is 51.4 cm³/mol. The van der Waals surface area contributed by atoms with Crippen molar-refractivity contribution in [1.29, 1.82) is 0 Å². The zero-order valence-corrected chi connectivity index (χ0v) is 7.89. The minimum Gasteiger partial charge on any atom is -0.330 e. The average Bonchev–Trinajstić information content (AvgIpc) is 2.53. The molecule has 0 bridgehead atoms. The summed E-state index contributed by atoms with van der Waals surface area (Å²) in [5, 5.41) is 2.33. The molecule has 1 aliphatic rings. The highest BCUT2D eigenvalue weighted by molar-refractivity contribution is 6.03. The van der Waals surface area contributed by atoms with Crippen molar-refractivity contribution in [3.8, 4) is 0 Å². The number of hydrogen-bond donors (Lipinski definition) is 2. The number of carbonyl (C=O) groups is 1. The summed E-state index contributed by atoms with van der Waals surface area (Å²) < 4.78 is 26.7. The van der Waals surface area contributed by atoms with Gasteiger partial charge in [-0.15, -0.1) is 0 Å². The minimum atomic E-state index is -0.666. The molecule has 1 atom stereocenters. The van der Waals surface area contributed by atoms with E-state index in [-0.39, 0.29) is 23.7 Å². The maximum Gasteiger partial charge on any atom is 0.232 e. The Bertz CT molecular complexity index is 420. The summed E-state index contributed by atoms with van der Waals surface area (Å²) in [5.74, 6) is -2.23. The lowest BCUT2D eigenvalue weighted by molar-refractivity contribution is -0.117. The van der Waals surface area contributed by atoms with Gasteiger partial charge in [-0.3, -0.25) is 4.79 Å². The summed E-state index contributed by atoms with van der Waals surface area (Å²) in [6.45, 7) is 0.257. The van der Waals surface area contributed by atoms with Crippen molar-refractivity contribution in [3.63, 3.8) is 0 Å². The molecule has 15 heavy (non-hydrogen) atoms. The Morgan fingerprint density at radius 2 is 2.00 bits per heavy atom. The highest BCUT2D eigenvalue weighted by Crippen LogP contribution is 2.37. The first kappa shape index (κ1) is 10.0. The summed E-state index contributed by atoms with van der Waals surface area (Å²) in [6.07, 6.45) is 0.319. The van der Waals surface area contributed by atoms with Crippen molar-refractivity contribution in [2.24, 2.45) is 5.73 Å². The summed E-state index contributed by atoms with van der Waals surface area (Å²) in [5.41, 5.74) is 5.38. The van der Waals surface area contributed by atoms with Crippen LogP contribution in [-0.2, 0) is 4.79 Å². The predicted octanol–water partition coefficient (Wildman–Crippen LogP) is 1.35. The summed E-state index contributed by atoms with van der Waals surface area (Å²) >= 11 is 0. The van der Waals surface area contributed by atoms with Gasteiger partial charge in [0.05, 0.1) is 11.6 Å². The molecular formula is C10H10F2N2O. The zero-order valence-electron chi connectivity index (χ0n) is 7.89. The number of amides is 1. The van der Waals surface area contributed by atoms with Crippen molar-refractivity contribution in [1.82, 2.24) is 0 Å². The molecule has 5 heteroatoms. The lowest BCUT2D eigenvalue weighted by atomic mass is 9.97. The second kappa shape index (κ2) is 3.58. The van der Waals surface area contributed by atoms with Crippen LogP contribution in [0.15, 0.2) is 12.1 Å². The molecule has 0 spiro atoms. The third kappa shape index (κ3) is 1.48. The minimum absolute atomic E-state index is 0.0431. The maximum atomic E-state index is 13.4. The Balaban J connectivity index is 2.52. The smallest absolute Gasteiger partial charge is 0.232 e. The Labute approximate surface area is 85.3 Å². The van der Waals surface area contributed by atoms with E-state index in [4.69, 9.17) is 5.73 Å². The number of rotatable bonds is 2. The van der Waals surface area contributed by atoms with E-state index in [0.29, 0.717) is 6.42 Å². The molecule has 1 aromatic carbocycles. The molecule has 2 rings (SSSR count). The molecule has 0 saturated heterocycles. The van der Waals surface area contributed by atoms with Gasteiger partial charge in [-0.1, -0.05) is 0 Å². The quantitative estimate of drug-likeness (QED) is 0.777. The summed E-state index contributed by atoms with van der Waals surface area (Å²) in [7, 11) is 0. The van der Waals surface area contributed by atoms with E-state index < -0.39 is 17.6 Å². The molecule has 0 aliphatic carbocycles. The Hall–Kier alpha value is -1.49. The van der Waals surface area contributed by atoms with Crippen LogP contribution >= 0.6 is 0 Å². The molecule has 80 valence electrons. The first-order chi connectivity index (χ1) is 7.15. The van der Waals surface area contributed by atoms with Crippen molar-refractivity contribution in [2.75, 3.05) is 11.9 Å². The average molecular weight is 212 g/mol. The van der Waals surface area contributed by atoms with Crippen molar-refractivity contribution in [3.05, 3.63) is 29.3 Å². The van der Waals surface area contributed by atoms with Gasteiger partial charge in [0.1, 0.15) is 11.6 Å². The number of benzene rings is 1. The molecule has 1 aromatic rings. The summed E-state index contributed by atoms with van der Waals surface area (Å²) in [4.78, 5) is 11.4. The number of carbonyl (C=O) groups excluding carboxylic acids is 1. The van der Waals surface area contributed by atoms with E-state index in [1.165, 1.54) is 0 Å². The van der Waals surface area contributed by atoms with Gasteiger partial charge in [-0.2, -0.15) is 0 Å². The van der Waals surface area contributed by atoms with Gasteiger partial charge in [0.2, 0.25) is 5.91 Å². The lowest BCUT2D eigenvalue weighted by Gasteiger charge is -2.07. The fraction of sp³-hybridized carbons (Fsp3) is 0.300. The van der Waals surface area contributed by atoms with E-state index in [0.717, 1.165) is 12.1 Å². The Morgan fingerprint density at radius 3 is 2.67 bits per heavy atom. The van der Waals surface area contributed by atoms with Crippen molar-refractivity contribution >= 4 is 11.6 Å². The standard InChI is InChI=1S/C10H10F2N2O/c11-6-1-2-7(12)9-8(6)5(3-4-13)10(15)14-9/h1-2,5H,3-4,13H2,(H,14,15). The molecule has 3 nitrogen and oxygen atoms in total. The van der Waals surface area contributed by atoms with Crippen molar-refractivity contribution in [2.45, 2.75) is 12.3 Å². The van der Waals surface area contributed by atoms with Crippen LogP contribution in [0.25, 0.3) is 0 Å². The van der Waals surface area contributed by atoms with Gasteiger partial charge >= 0.3 is 0 Å². The third-order valence-electron chi connectivity index (χ3n) is 2.51. The fourth-order valence-corrected chi connectivity index (χ4v) is 1.82. The summed E-state index contributed by atoms with van der Waals surface area (Å²) in [6, 6.07) is 2.03. The van der Waals surface area contributed by atoms with Crippen LogP contribution in [0.1, 0.15) is 17.9 Å². The van der Waals surface area contributed by atoms with Crippen LogP contribution in [0.5, 0.6) is 0 Å². The number of hydrogen-bond acceptors (Lipinski definition) is 2. The van der Waals surface area contributed by atoms with Crippen LogP contribution in [-0.4, -0.2) is 12.5 Å². The van der Waals surface area contributed by atoms with Crippen molar-refractivity contribution < 1.29 is 13.6 Å². The van der Waals surface area contributed by atoms with Gasteiger partial charge in [0, 0.05) is 5.56 Å². The molecule has 1 heterocycles. The van der Waals surface area contributed by atoms with Gasteiger partial charge < -0.3 is 11.1 Å². The van der Waals surface area contributed by atoms with Gasteiger partial charge in [0.15, 0.2) is 0 Å². The Morgan fingerprint density at radius 1 is 1.33 bits per heavy atom. The number of nitrogens with one attached hydrogen (secondary N) is 1. The highest BCUT2D eigenvalue weighted by Gasteiger charge is 2.34. The second-order valence-corrected chi connectivity index (χ2v) is 3.44. The highest BCUT2D eigenvalue weighted by atomic mass is 19.1. The maximum absolute atomic E-state index is 13.4. The van der Waals surface area contributed by atoms with Crippen LogP contribution in [0.4, 0.5) is 14.5 Å². The first-order valence-corrected chi connectivity index (χ1v) is 4.64. The number of nitrogens with two attached hydrogens (primary N) is 1. The number of halogens is 2. The fourth-order valence-electron chi connectivity index (χ4n) is 1.82. The third-order valence-corrected chi connectivity index (χ3v) is 2.51. The van der Waals surface area contributed by atoms with Crippen LogP contribution in [0, 0.1) is 11.6 Å². The number of fused-ring (bicyclic) bond motifs is 1. The van der Waals surface area contributed by atoms with Gasteiger partial charge in [-0.25, -0.2) is 8.78 Å². The molecule has 0 saturated carbocycles. The second-order valence-electron chi connectivity index (χ2n) is 3.44. The van der Waals surface area contributed by atoms with Crippen LogP contribution in [0.2, 0.25) is 0 Å². The van der Waals surface area contributed by atoms with Crippen LogP contribution in [0.3, 0.4) is 0 Å². The molecule has 1 unspecified atom stereocenters. The molecular weight excluding hydrogens is 202 g/mol. The zero-order chi connectivity index (χ0) is 11.0. The molecule has 0 aromatic heterocycles. The molecule has 3 N–H and O–H groups in total. The first-order valence-electron chi connectivity index (χ1n) is 4.64. The monoisotopic (exact) mass is 212 g/mol. The lowest BCUT2D eigenvalue weighted by Crippen LogP contribution is -2.16. The molecule has 0 radical (unpaired) electrons. The normalized spacial score (nSPS) is 18.9. The van der Waals surface area contributed by atoms with Gasteiger partial charge in [-0.05, 0) is 25.1 Å². The van der Waals surface area contributed by atoms with Gasteiger partial charge in [0.25, 0.3) is 0 Å². The van der Waals surface area contributed by atoms with E-state index in [9.17, 15) is 13.6 Å². The molecule has 0 fully saturated rings. The SMILES string of the molecule is NCCC1C(=O)Nc2c(F)ccc(F)c21. The largest absolute Gasteiger partial charge is 0.330 e. The van der Waals surface area contributed by atoms with E-state index >= 15 is 0 Å². The number of anilines is 1. The Kier molecular flexibility index (Phi) is 2.40. The molecule has 1 amide bonds. The molecule has 1 aliphatic heterocycles. The van der Waals surface area contributed by atoms with E-state index in [2.05, 4.69) is 5.32 Å². The topological polar surface area (TPSA) is 55.1 Å².